The van der Waals surface area contributed by atoms with Crippen molar-refractivity contribution in [2.75, 3.05) is 0 Å². The first-order valence-corrected chi connectivity index (χ1v) is 7.00. The summed E-state index contributed by atoms with van der Waals surface area (Å²) in [6, 6.07) is 8.12. The summed E-state index contributed by atoms with van der Waals surface area (Å²) in [5.74, 6) is -0.478. The molecule has 0 aliphatic carbocycles. The van der Waals surface area contributed by atoms with Crippen LogP contribution < -0.4 is 5.43 Å². The van der Waals surface area contributed by atoms with Crippen LogP contribution in [0.5, 0.6) is 0 Å². The molecular weight excluding hydrogens is 290 g/mol. The Morgan fingerprint density at radius 1 is 1.38 bits per heavy atom. The molecule has 1 aromatic heterocycles. The van der Waals surface area contributed by atoms with Crippen molar-refractivity contribution in [1.82, 2.24) is 5.43 Å². The number of nitro benzene ring substituents is 1. The molecule has 7 heteroatoms. The van der Waals surface area contributed by atoms with Crippen LogP contribution in [0.2, 0.25) is 0 Å². The number of carbonyl (C=O) groups excluding carboxylic acids is 1. The zero-order valence-electron chi connectivity index (χ0n) is 11.5. The predicted molar refractivity (Wildman–Crippen MR) is 81.8 cm³/mol. The molecule has 0 aliphatic heterocycles. The first kappa shape index (κ1) is 14.9. The maximum absolute atomic E-state index is 12.0. The maximum Gasteiger partial charge on any atom is 0.273 e. The highest BCUT2D eigenvalue weighted by Gasteiger charge is 2.14. The molecule has 0 unspecified atom stereocenters. The fraction of sp³-hybridized carbons (Fsp3) is 0.143. The molecular formula is C14H13N3O3S. The highest BCUT2D eigenvalue weighted by atomic mass is 32.1. The molecule has 0 saturated heterocycles. The largest absolute Gasteiger partial charge is 0.273 e. The molecule has 2 rings (SSSR count). The van der Waals surface area contributed by atoms with Gasteiger partial charge >= 0.3 is 0 Å². The van der Waals surface area contributed by atoms with Crippen LogP contribution >= 0.6 is 11.3 Å². The second kappa shape index (κ2) is 6.27. The third kappa shape index (κ3) is 3.51. The normalized spacial score (nSPS) is 11.2. The number of carbonyl (C=O) groups is 1. The van der Waals surface area contributed by atoms with E-state index >= 15 is 0 Å². The van der Waals surface area contributed by atoms with Gasteiger partial charge in [-0.25, -0.2) is 5.43 Å². The van der Waals surface area contributed by atoms with E-state index in [1.165, 1.54) is 23.5 Å². The number of thiophene rings is 1. The Kier molecular flexibility index (Phi) is 4.44. The lowest BCUT2D eigenvalue weighted by Gasteiger charge is -2.03. The monoisotopic (exact) mass is 303 g/mol. The van der Waals surface area contributed by atoms with Gasteiger partial charge in [0.15, 0.2) is 0 Å². The van der Waals surface area contributed by atoms with Gasteiger partial charge < -0.3 is 0 Å². The summed E-state index contributed by atoms with van der Waals surface area (Å²) in [5.41, 5.74) is 3.72. The van der Waals surface area contributed by atoms with Gasteiger partial charge in [0, 0.05) is 22.1 Å². The molecule has 0 fully saturated rings. The molecule has 0 spiro atoms. The summed E-state index contributed by atoms with van der Waals surface area (Å²) < 4.78 is 0. The topological polar surface area (TPSA) is 84.6 Å². The molecule has 2 aromatic rings. The number of nitro groups is 1. The first-order chi connectivity index (χ1) is 9.99. The Morgan fingerprint density at radius 3 is 2.76 bits per heavy atom. The number of hydrogen-bond donors (Lipinski definition) is 1. The first-order valence-electron chi connectivity index (χ1n) is 6.12. The van der Waals surface area contributed by atoms with Crippen molar-refractivity contribution in [2.24, 2.45) is 5.10 Å². The van der Waals surface area contributed by atoms with Gasteiger partial charge in [-0.2, -0.15) is 5.10 Å². The third-order valence-corrected chi connectivity index (χ3v) is 3.85. The number of rotatable bonds is 4. The van der Waals surface area contributed by atoms with E-state index in [9.17, 15) is 14.9 Å². The quantitative estimate of drug-likeness (QED) is 0.535. The van der Waals surface area contributed by atoms with Crippen LogP contribution in [0.4, 0.5) is 5.69 Å². The molecule has 6 nitrogen and oxygen atoms in total. The van der Waals surface area contributed by atoms with Crippen LogP contribution in [-0.2, 0) is 0 Å². The lowest BCUT2D eigenvalue weighted by atomic mass is 10.1. The molecule has 1 amide bonds. The minimum absolute atomic E-state index is 0.0818. The van der Waals surface area contributed by atoms with Crippen molar-refractivity contribution in [3.05, 3.63) is 61.8 Å². The summed E-state index contributed by atoms with van der Waals surface area (Å²) in [6.45, 7) is 3.41. The van der Waals surface area contributed by atoms with E-state index in [1.54, 1.807) is 19.9 Å². The lowest BCUT2D eigenvalue weighted by Crippen LogP contribution is -2.19. The van der Waals surface area contributed by atoms with E-state index in [4.69, 9.17) is 0 Å². The number of nitrogens with zero attached hydrogens (tertiary/aromatic N) is 2. The molecule has 0 saturated carbocycles. The number of hydrogen-bond acceptors (Lipinski definition) is 5. The van der Waals surface area contributed by atoms with E-state index < -0.39 is 10.8 Å². The Bertz CT molecular complexity index is 708. The predicted octanol–water partition coefficient (Wildman–Crippen LogP) is 3.12. The number of aryl methyl sites for hydroxylation is 1. The second-order valence-corrected chi connectivity index (χ2v) is 5.32. The fourth-order valence-corrected chi connectivity index (χ4v) is 2.36. The van der Waals surface area contributed by atoms with Gasteiger partial charge in [-0.3, -0.25) is 14.9 Å². The molecule has 1 aromatic carbocycles. The Balaban J connectivity index is 2.16. The number of hydrazone groups is 1. The van der Waals surface area contributed by atoms with Crippen molar-refractivity contribution < 1.29 is 9.72 Å². The minimum atomic E-state index is -0.508. The van der Waals surface area contributed by atoms with Gasteiger partial charge in [-0.05, 0) is 31.4 Å². The standard InChI is InChI=1S/C14H13N3O3S/c1-9-5-6-11(8-12(9)17(19)20)14(18)16-15-10(2)13-4-3-7-21-13/h3-8H,1-2H3,(H,16,18)/b15-10-. The highest BCUT2D eigenvalue weighted by Crippen LogP contribution is 2.19. The Labute approximate surface area is 125 Å². The molecule has 0 radical (unpaired) electrons. The van der Waals surface area contributed by atoms with Crippen molar-refractivity contribution in [1.29, 1.82) is 0 Å². The van der Waals surface area contributed by atoms with Crippen molar-refractivity contribution in [2.45, 2.75) is 13.8 Å². The molecule has 108 valence electrons. The summed E-state index contributed by atoms with van der Waals surface area (Å²) in [5, 5.41) is 16.8. The Hall–Kier alpha value is -2.54. The molecule has 1 N–H and O–H groups in total. The smallest absolute Gasteiger partial charge is 0.267 e. The number of nitrogens with one attached hydrogen (secondary N) is 1. The summed E-state index contributed by atoms with van der Waals surface area (Å²) in [4.78, 5) is 23.3. The van der Waals surface area contributed by atoms with E-state index in [2.05, 4.69) is 10.5 Å². The molecule has 0 atom stereocenters. The zero-order valence-corrected chi connectivity index (χ0v) is 12.3. The summed E-state index contributed by atoms with van der Waals surface area (Å²) >= 11 is 1.52. The van der Waals surface area contributed by atoms with Crippen LogP contribution in [-0.4, -0.2) is 16.5 Å². The highest BCUT2D eigenvalue weighted by molar-refractivity contribution is 7.12. The van der Waals surface area contributed by atoms with Crippen molar-refractivity contribution >= 4 is 28.6 Å². The number of benzene rings is 1. The van der Waals surface area contributed by atoms with Gasteiger partial charge in [0.05, 0.1) is 10.6 Å². The van der Waals surface area contributed by atoms with Crippen LogP contribution in [0.1, 0.15) is 27.7 Å². The fourth-order valence-electron chi connectivity index (χ4n) is 1.69. The van der Waals surface area contributed by atoms with Crippen LogP contribution in [0, 0.1) is 17.0 Å². The van der Waals surface area contributed by atoms with Crippen molar-refractivity contribution in [3.8, 4) is 0 Å². The van der Waals surface area contributed by atoms with E-state index in [1.807, 2.05) is 17.5 Å². The van der Waals surface area contributed by atoms with Gasteiger partial charge in [-0.15, -0.1) is 11.3 Å². The molecule has 0 bridgehead atoms. The van der Waals surface area contributed by atoms with Crippen LogP contribution in [0.3, 0.4) is 0 Å². The molecule has 0 aliphatic rings. The zero-order chi connectivity index (χ0) is 15.4. The third-order valence-electron chi connectivity index (χ3n) is 2.87. The van der Waals surface area contributed by atoms with E-state index in [-0.39, 0.29) is 11.3 Å². The molecule has 1 heterocycles. The van der Waals surface area contributed by atoms with E-state index in [0.29, 0.717) is 11.3 Å². The SMILES string of the molecule is C/C(=N/NC(=O)c1ccc(C)c([N+](=O)[O-])c1)c1cccs1. The van der Waals surface area contributed by atoms with Gasteiger partial charge in [0.2, 0.25) is 0 Å². The second-order valence-electron chi connectivity index (χ2n) is 4.37. The number of amides is 1. The molecule has 21 heavy (non-hydrogen) atoms. The van der Waals surface area contributed by atoms with Gasteiger partial charge in [-0.1, -0.05) is 12.1 Å². The summed E-state index contributed by atoms with van der Waals surface area (Å²) in [7, 11) is 0. The lowest BCUT2D eigenvalue weighted by molar-refractivity contribution is -0.385. The minimum Gasteiger partial charge on any atom is -0.267 e. The van der Waals surface area contributed by atoms with Crippen LogP contribution in [0.15, 0.2) is 40.8 Å². The average molecular weight is 303 g/mol. The average Bonchev–Trinajstić information content (AvgIpc) is 2.98. The summed E-state index contributed by atoms with van der Waals surface area (Å²) in [6.07, 6.45) is 0. The maximum atomic E-state index is 12.0. The van der Waals surface area contributed by atoms with E-state index in [0.717, 1.165) is 4.88 Å². The Morgan fingerprint density at radius 2 is 2.14 bits per heavy atom. The van der Waals surface area contributed by atoms with Gasteiger partial charge in [0.25, 0.3) is 11.6 Å². The van der Waals surface area contributed by atoms with Crippen LogP contribution in [0.25, 0.3) is 0 Å². The van der Waals surface area contributed by atoms with Crippen molar-refractivity contribution in [3.63, 3.8) is 0 Å². The van der Waals surface area contributed by atoms with Gasteiger partial charge in [0.1, 0.15) is 0 Å².